The molecule has 3 N–H and O–H groups in total. The van der Waals surface area contributed by atoms with Crippen LogP contribution in [0.25, 0.3) is 11.3 Å². The van der Waals surface area contributed by atoms with E-state index in [1.807, 2.05) is 0 Å². The lowest BCUT2D eigenvalue weighted by Gasteiger charge is -2.27. The van der Waals surface area contributed by atoms with Crippen LogP contribution in [0.3, 0.4) is 0 Å². The molecule has 1 heterocycles. The average Bonchev–Trinajstić information content (AvgIpc) is 3.15. The van der Waals surface area contributed by atoms with E-state index in [0.29, 0.717) is 24.1 Å². The zero-order valence-electron chi connectivity index (χ0n) is 12.6. The molecule has 1 amide bonds. The molecular formula is C16H18FN3O3. The van der Waals surface area contributed by atoms with Crippen LogP contribution in [-0.2, 0) is 0 Å². The summed E-state index contributed by atoms with van der Waals surface area (Å²) in [7, 11) is 1.57. The number of aliphatic hydroxyl groups is 2. The molecule has 1 aromatic heterocycles. The van der Waals surface area contributed by atoms with E-state index < -0.39 is 24.1 Å². The maximum absolute atomic E-state index is 13.8. The van der Waals surface area contributed by atoms with Gasteiger partial charge in [-0.1, -0.05) is 12.1 Å². The number of aromatic nitrogens is 2. The van der Waals surface area contributed by atoms with E-state index >= 15 is 0 Å². The molecule has 6 nitrogen and oxygen atoms in total. The topological polar surface area (TPSA) is 89.5 Å². The molecule has 7 heteroatoms. The Morgan fingerprint density at radius 3 is 2.74 bits per heavy atom. The van der Waals surface area contributed by atoms with Gasteiger partial charge in [-0.15, -0.1) is 0 Å². The summed E-state index contributed by atoms with van der Waals surface area (Å²) in [6.45, 7) is 0. The lowest BCUT2D eigenvalue weighted by atomic mass is 10.1. The number of nitrogens with zero attached hydrogens (tertiary/aromatic N) is 2. The molecule has 122 valence electrons. The number of aliphatic hydroxyl groups excluding tert-OH is 2. The van der Waals surface area contributed by atoms with Crippen LogP contribution in [0, 0.1) is 5.82 Å². The quantitative estimate of drug-likeness (QED) is 0.792. The van der Waals surface area contributed by atoms with E-state index in [1.54, 1.807) is 25.2 Å². The molecule has 1 aliphatic carbocycles. The highest BCUT2D eigenvalue weighted by Gasteiger charge is 2.38. The number of H-pyrrole nitrogens is 1. The summed E-state index contributed by atoms with van der Waals surface area (Å²) in [5.74, 6) is -0.779. The van der Waals surface area contributed by atoms with Crippen molar-refractivity contribution in [1.82, 2.24) is 15.1 Å². The molecule has 0 saturated heterocycles. The van der Waals surface area contributed by atoms with Crippen LogP contribution in [0.1, 0.15) is 23.3 Å². The number of benzene rings is 1. The van der Waals surface area contributed by atoms with Gasteiger partial charge in [0.15, 0.2) is 0 Å². The number of amides is 1. The van der Waals surface area contributed by atoms with Crippen molar-refractivity contribution < 1.29 is 19.4 Å². The number of rotatable bonds is 3. The van der Waals surface area contributed by atoms with Crippen molar-refractivity contribution >= 4 is 5.91 Å². The number of hydrogen-bond acceptors (Lipinski definition) is 4. The van der Waals surface area contributed by atoms with Gasteiger partial charge in [-0.3, -0.25) is 9.89 Å². The molecule has 0 unspecified atom stereocenters. The lowest BCUT2D eigenvalue weighted by molar-refractivity contribution is 0.00642. The number of likely N-dealkylation sites (N-methyl/N-ethyl adjacent to an activating group) is 1. The van der Waals surface area contributed by atoms with Crippen molar-refractivity contribution in [3.8, 4) is 11.3 Å². The lowest BCUT2D eigenvalue weighted by Crippen LogP contribution is -2.44. The Balaban J connectivity index is 1.80. The Labute approximate surface area is 132 Å². The van der Waals surface area contributed by atoms with Crippen LogP contribution in [-0.4, -0.2) is 56.5 Å². The van der Waals surface area contributed by atoms with E-state index in [-0.39, 0.29) is 11.6 Å². The Hall–Kier alpha value is -2.25. The maximum Gasteiger partial charge on any atom is 0.271 e. The van der Waals surface area contributed by atoms with Gasteiger partial charge in [-0.25, -0.2) is 4.39 Å². The molecule has 3 atom stereocenters. The molecule has 0 radical (unpaired) electrons. The van der Waals surface area contributed by atoms with Gasteiger partial charge in [-0.2, -0.15) is 5.10 Å². The van der Waals surface area contributed by atoms with Gasteiger partial charge in [0, 0.05) is 12.6 Å². The smallest absolute Gasteiger partial charge is 0.271 e. The summed E-state index contributed by atoms with van der Waals surface area (Å²) in [5, 5.41) is 26.1. The molecule has 1 aliphatic rings. The van der Waals surface area contributed by atoms with E-state index in [1.165, 1.54) is 17.0 Å². The zero-order valence-corrected chi connectivity index (χ0v) is 12.6. The third kappa shape index (κ3) is 2.85. The highest BCUT2D eigenvalue weighted by molar-refractivity contribution is 5.93. The number of hydrogen-bond donors (Lipinski definition) is 3. The average molecular weight is 319 g/mol. The van der Waals surface area contributed by atoms with Crippen LogP contribution in [0.5, 0.6) is 0 Å². The Morgan fingerprint density at radius 2 is 2.09 bits per heavy atom. The monoisotopic (exact) mass is 319 g/mol. The van der Waals surface area contributed by atoms with Crippen molar-refractivity contribution in [3.63, 3.8) is 0 Å². The fourth-order valence-corrected chi connectivity index (χ4v) is 2.94. The minimum absolute atomic E-state index is 0.208. The fourth-order valence-electron chi connectivity index (χ4n) is 2.94. The van der Waals surface area contributed by atoms with Gasteiger partial charge in [0.2, 0.25) is 0 Å². The van der Waals surface area contributed by atoms with E-state index in [4.69, 9.17) is 0 Å². The third-order valence-electron chi connectivity index (χ3n) is 4.32. The standard InChI is InChI=1S/C16H18FN3O3/c1-20(13-6-7-14(21)15(13)22)16(23)12-8-11(18-19-12)9-4-2-3-5-10(9)17/h2-5,8,13-15,21-22H,6-7H2,1H3,(H,18,19)/t13-,14-,15-/m1/s1. The van der Waals surface area contributed by atoms with Crippen molar-refractivity contribution in [1.29, 1.82) is 0 Å². The predicted octanol–water partition coefficient (Wildman–Crippen LogP) is 1.17. The van der Waals surface area contributed by atoms with Crippen LogP contribution in [0.15, 0.2) is 30.3 Å². The van der Waals surface area contributed by atoms with Gasteiger partial charge in [0.1, 0.15) is 17.6 Å². The third-order valence-corrected chi connectivity index (χ3v) is 4.32. The highest BCUT2D eigenvalue weighted by Crippen LogP contribution is 2.26. The zero-order chi connectivity index (χ0) is 16.6. The van der Waals surface area contributed by atoms with Crippen LogP contribution >= 0.6 is 0 Å². The van der Waals surface area contributed by atoms with E-state index in [9.17, 15) is 19.4 Å². The number of carbonyl (C=O) groups is 1. The first-order valence-electron chi connectivity index (χ1n) is 7.42. The molecule has 1 aromatic carbocycles. The van der Waals surface area contributed by atoms with Crippen molar-refractivity contribution in [2.24, 2.45) is 0 Å². The summed E-state index contributed by atoms with van der Waals surface area (Å²) in [5.41, 5.74) is 0.855. The Morgan fingerprint density at radius 1 is 1.35 bits per heavy atom. The molecular weight excluding hydrogens is 301 g/mol. The predicted molar refractivity (Wildman–Crippen MR) is 81.1 cm³/mol. The molecule has 0 spiro atoms. The number of halogens is 1. The summed E-state index contributed by atoms with van der Waals surface area (Å²) in [4.78, 5) is 13.9. The molecule has 0 bridgehead atoms. The highest BCUT2D eigenvalue weighted by atomic mass is 19.1. The second kappa shape index (κ2) is 6.10. The van der Waals surface area contributed by atoms with Crippen molar-refractivity contribution in [3.05, 3.63) is 41.8 Å². The largest absolute Gasteiger partial charge is 0.390 e. The number of carbonyl (C=O) groups excluding carboxylic acids is 1. The van der Waals surface area contributed by atoms with Gasteiger partial charge >= 0.3 is 0 Å². The van der Waals surface area contributed by atoms with Crippen LogP contribution in [0.4, 0.5) is 4.39 Å². The maximum atomic E-state index is 13.8. The molecule has 1 saturated carbocycles. The summed E-state index contributed by atoms with van der Waals surface area (Å²) in [6, 6.07) is 7.22. The summed E-state index contributed by atoms with van der Waals surface area (Å²) >= 11 is 0. The van der Waals surface area contributed by atoms with Crippen LogP contribution < -0.4 is 0 Å². The molecule has 23 heavy (non-hydrogen) atoms. The van der Waals surface area contributed by atoms with Gasteiger partial charge in [0.25, 0.3) is 5.91 Å². The second-order valence-electron chi connectivity index (χ2n) is 5.77. The summed E-state index contributed by atoms with van der Waals surface area (Å²) in [6.07, 6.45) is -0.796. The molecule has 3 rings (SSSR count). The minimum Gasteiger partial charge on any atom is -0.390 e. The first-order chi connectivity index (χ1) is 11.0. The summed E-state index contributed by atoms with van der Waals surface area (Å²) < 4.78 is 13.8. The normalized spacial score (nSPS) is 23.9. The second-order valence-corrected chi connectivity index (χ2v) is 5.77. The Kier molecular flexibility index (Phi) is 4.14. The van der Waals surface area contributed by atoms with E-state index in [2.05, 4.69) is 10.2 Å². The first kappa shape index (κ1) is 15.6. The van der Waals surface area contributed by atoms with Gasteiger partial charge in [-0.05, 0) is 31.0 Å². The fraction of sp³-hybridized carbons (Fsp3) is 0.375. The van der Waals surface area contributed by atoms with Gasteiger partial charge < -0.3 is 15.1 Å². The van der Waals surface area contributed by atoms with E-state index in [0.717, 1.165) is 0 Å². The van der Waals surface area contributed by atoms with Crippen molar-refractivity contribution in [2.75, 3.05) is 7.05 Å². The van der Waals surface area contributed by atoms with Gasteiger partial charge in [0.05, 0.1) is 17.8 Å². The Bertz CT molecular complexity index is 718. The molecule has 0 aliphatic heterocycles. The number of nitrogens with one attached hydrogen (secondary N) is 1. The SMILES string of the molecule is CN(C(=O)c1cc(-c2ccccc2F)n[nH]1)[C@@H]1CC[C@@H](O)[C@@H]1O. The molecule has 1 fully saturated rings. The molecule has 2 aromatic rings. The number of aromatic amines is 1. The minimum atomic E-state index is -0.960. The first-order valence-corrected chi connectivity index (χ1v) is 7.42. The van der Waals surface area contributed by atoms with Crippen molar-refractivity contribution in [2.45, 2.75) is 31.1 Å². The van der Waals surface area contributed by atoms with Crippen LogP contribution in [0.2, 0.25) is 0 Å².